The summed E-state index contributed by atoms with van der Waals surface area (Å²) in [4.78, 5) is 11.3. The molecule has 1 heterocycles. The number of ether oxygens (including phenoxy) is 1. The molecule has 4 N–H and O–H groups in total. The van der Waals surface area contributed by atoms with Gasteiger partial charge in [-0.3, -0.25) is 4.79 Å². The van der Waals surface area contributed by atoms with Crippen molar-refractivity contribution < 1.29 is 34.0 Å². The smallest absolute Gasteiger partial charge is 0.285 e. The summed E-state index contributed by atoms with van der Waals surface area (Å²) in [6.45, 7) is -0.777. The number of carbonyl (C=O) groups is 1. The SMILES string of the molecule is O=C(NCCOc1nonc1C(Cc1ccc(Cl)c(F)c1)=NO)C(O)CO. The van der Waals surface area contributed by atoms with Gasteiger partial charge < -0.3 is 25.5 Å². The molecule has 1 unspecified atom stereocenters. The van der Waals surface area contributed by atoms with Crippen molar-refractivity contribution >= 4 is 23.2 Å². The van der Waals surface area contributed by atoms with Crippen LogP contribution in [-0.2, 0) is 11.2 Å². The average molecular weight is 403 g/mol. The number of hydrogen-bond donors (Lipinski definition) is 4. The van der Waals surface area contributed by atoms with Crippen LogP contribution in [-0.4, -0.2) is 63.2 Å². The number of oxime groups is 1. The van der Waals surface area contributed by atoms with Crippen molar-refractivity contribution in [1.29, 1.82) is 0 Å². The van der Waals surface area contributed by atoms with Crippen LogP contribution in [0.15, 0.2) is 28.0 Å². The number of hydrogen-bond acceptors (Lipinski definition) is 9. The van der Waals surface area contributed by atoms with Gasteiger partial charge in [-0.1, -0.05) is 22.8 Å². The van der Waals surface area contributed by atoms with Crippen molar-refractivity contribution in [3.05, 3.63) is 40.3 Å². The van der Waals surface area contributed by atoms with Gasteiger partial charge >= 0.3 is 0 Å². The minimum Gasteiger partial charge on any atom is -0.472 e. The monoisotopic (exact) mass is 402 g/mol. The number of nitrogens with one attached hydrogen (secondary N) is 1. The van der Waals surface area contributed by atoms with Crippen LogP contribution < -0.4 is 10.1 Å². The number of halogens is 2. The summed E-state index contributed by atoms with van der Waals surface area (Å²) in [6.07, 6.45) is -1.53. The molecule has 0 saturated carbocycles. The van der Waals surface area contributed by atoms with Crippen LogP contribution in [0.25, 0.3) is 0 Å². The summed E-state index contributed by atoms with van der Waals surface area (Å²) in [5, 5.41) is 39.5. The third kappa shape index (κ3) is 5.61. The van der Waals surface area contributed by atoms with E-state index in [1.807, 2.05) is 0 Å². The predicted molar refractivity (Wildman–Crippen MR) is 89.3 cm³/mol. The lowest BCUT2D eigenvalue weighted by Gasteiger charge is -2.09. The van der Waals surface area contributed by atoms with E-state index in [0.29, 0.717) is 5.56 Å². The Labute approximate surface area is 157 Å². The molecular weight excluding hydrogens is 387 g/mol. The molecule has 0 fully saturated rings. The van der Waals surface area contributed by atoms with Crippen LogP contribution in [0.1, 0.15) is 11.3 Å². The van der Waals surface area contributed by atoms with Crippen molar-refractivity contribution in [2.24, 2.45) is 5.16 Å². The molecule has 0 saturated heterocycles. The summed E-state index contributed by atoms with van der Waals surface area (Å²) in [5.74, 6) is -1.49. The molecule has 1 aromatic heterocycles. The lowest BCUT2D eigenvalue weighted by atomic mass is 10.1. The highest BCUT2D eigenvalue weighted by molar-refractivity contribution is 6.30. The predicted octanol–water partition coefficient (Wildman–Crippen LogP) is 0.131. The molecule has 0 radical (unpaired) electrons. The fourth-order valence-corrected chi connectivity index (χ4v) is 2.10. The maximum Gasteiger partial charge on any atom is 0.285 e. The number of amides is 1. The van der Waals surface area contributed by atoms with Crippen molar-refractivity contribution in [1.82, 2.24) is 15.6 Å². The second-order valence-electron chi connectivity index (χ2n) is 5.23. The lowest BCUT2D eigenvalue weighted by molar-refractivity contribution is -0.131. The van der Waals surface area contributed by atoms with Crippen LogP contribution in [0.3, 0.4) is 0 Å². The van der Waals surface area contributed by atoms with Crippen LogP contribution in [0.5, 0.6) is 5.88 Å². The molecule has 1 aromatic carbocycles. The molecule has 27 heavy (non-hydrogen) atoms. The summed E-state index contributed by atoms with van der Waals surface area (Å²) in [5.41, 5.74) is 0.464. The number of nitrogens with zero attached hydrogens (tertiary/aromatic N) is 3. The Morgan fingerprint density at radius 2 is 2.22 bits per heavy atom. The normalized spacial score (nSPS) is 12.7. The van der Waals surface area contributed by atoms with E-state index in [4.69, 9.17) is 26.6 Å². The van der Waals surface area contributed by atoms with Gasteiger partial charge in [0.2, 0.25) is 0 Å². The van der Waals surface area contributed by atoms with Gasteiger partial charge in [0.25, 0.3) is 11.8 Å². The Morgan fingerprint density at radius 3 is 2.89 bits per heavy atom. The number of carbonyl (C=O) groups excluding carboxylic acids is 1. The zero-order valence-corrected chi connectivity index (χ0v) is 14.6. The molecule has 2 rings (SSSR count). The van der Waals surface area contributed by atoms with Crippen LogP contribution in [0.4, 0.5) is 4.39 Å². The molecule has 0 aliphatic rings. The quantitative estimate of drug-likeness (QED) is 0.200. The first-order chi connectivity index (χ1) is 13.0. The van der Waals surface area contributed by atoms with Gasteiger partial charge in [0.15, 0.2) is 11.8 Å². The Kier molecular flexibility index (Phi) is 7.46. The van der Waals surface area contributed by atoms with Crippen LogP contribution in [0.2, 0.25) is 5.02 Å². The number of aromatic nitrogens is 2. The molecule has 0 aliphatic carbocycles. The zero-order valence-electron chi connectivity index (χ0n) is 13.8. The highest BCUT2D eigenvalue weighted by atomic mass is 35.5. The number of aliphatic hydroxyl groups excluding tert-OH is 2. The molecule has 2 aromatic rings. The Morgan fingerprint density at radius 1 is 1.44 bits per heavy atom. The molecule has 0 aliphatic heterocycles. The van der Waals surface area contributed by atoms with Gasteiger partial charge in [-0.25, -0.2) is 9.02 Å². The average Bonchev–Trinajstić information content (AvgIpc) is 3.13. The fourth-order valence-electron chi connectivity index (χ4n) is 1.98. The molecule has 0 spiro atoms. The minimum atomic E-state index is -1.53. The first-order valence-corrected chi connectivity index (χ1v) is 8.01. The molecule has 10 nitrogen and oxygen atoms in total. The molecule has 0 bridgehead atoms. The fraction of sp³-hybridized carbons (Fsp3) is 0.333. The highest BCUT2D eigenvalue weighted by Crippen LogP contribution is 2.19. The van der Waals surface area contributed by atoms with E-state index in [1.54, 1.807) is 6.07 Å². The molecule has 12 heteroatoms. The van der Waals surface area contributed by atoms with Gasteiger partial charge in [-0.15, -0.1) is 0 Å². The van der Waals surface area contributed by atoms with E-state index in [9.17, 15) is 14.4 Å². The van der Waals surface area contributed by atoms with Gasteiger partial charge in [-0.2, -0.15) is 0 Å². The summed E-state index contributed by atoms with van der Waals surface area (Å²) < 4.78 is 23.4. The number of benzene rings is 1. The van der Waals surface area contributed by atoms with Gasteiger partial charge in [0.05, 0.1) is 18.2 Å². The van der Waals surface area contributed by atoms with E-state index < -0.39 is 24.4 Å². The summed E-state index contributed by atoms with van der Waals surface area (Å²) >= 11 is 5.63. The van der Waals surface area contributed by atoms with Crippen molar-refractivity contribution in [3.8, 4) is 5.88 Å². The minimum absolute atomic E-state index is 0.00378. The molecule has 1 atom stereocenters. The Balaban J connectivity index is 1.97. The van der Waals surface area contributed by atoms with E-state index in [-0.39, 0.29) is 41.9 Å². The molecule has 146 valence electrons. The standard InChI is InChI=1S/C15H16ClFN4O6/c16-9-2-1-8(5-10(9)17)6-11(19-25)13-15(21-27-20-13)26-4-3-18-14(24)12(23)7-22/h1-2,5,12,22-23,25H,3-4,6-7H2,(H,18,24). The van der Waals surface area contributed by atoms with E-state index >= 15 is 0 Å². The van der Waals surface area contributed by atoms with Gasteiger partial charge in [0.1, 0.15) is 18.1 Å². The summed E-state index contributed by atoms with van der Waals surface area (Å²) in [6, 6.07) is 4.10. The third-order valence-electron chi connectivity index (χ3n) is 3.32. The maximum atomic E-state index is 13.5. The van der Waals surface area contributed by atoms with E-state index in [1.165, 1.54) is 12.1 Å². The van der Waals surface area contributed by atoms with Gasteiger partial charge in [-0.05, 0) is 28.0 Å². The highest BCUT2D eigenvalue weighted by Gasteiger charge is 2.20. The van der Waals surface area contributed by atoms with Crippen molar-refractivity contribution in [2.75, 3.05) is 19.8 Å². The van der Waals surface area contributed by atoms with E-state index in [0.717, 1.165) is 0 Å². The maximum absolute atomic E-state index is 13.5. The second-order valence-corrected chi connectivity index (χ2v) is 5.63. The molecule has 1 amide bonds. The van der Waals surface area contributed by atoms with Gasteiger partial charge in [0, 0.05) is 6.42 Å². The van der Waals surface area contributed by atoms with Crippen molar-refractivity contribution in [3.63, 3.8) is 0 Å². The Hall–Kier alpha value is -2.76. The van der Waals surface area contributed by atoms with Crippen LogP contribution >= 0.6 is 11.6 Å². The summed E-state index contributed by atoms with van der Waals surface area (Å²) in [7, 11) is 0. The largest absolute Gasteiger partial charge is 0.472 e. The second kappa shape index (κ2) is 9.80. The Bertz CT molecular complexity index is 815. The van der Waals surface area contributed by atoms with Crippen molar-refractivity contribution in [2.45, 2.75) is 12.5 Å². The topological polar surface area (TPSA) is 150 Å². The molecular formula is C15H16ClFN4O6. The first-order valence-electron chi connectivity index (χ1n) is 7.63. The number of rotatable bonds is 9. The van der Waals surface area contributed by atoms with E-state index in [2.05, 4.69) is 25.4 Å². The number of aliphatic hydroxyl groups is 2. The zero-order chi connectivity index (χ0) is 19.8. The lowest BCUT2D eigenvalue weighted by Crippen LogP contribution is -2.38. The van der Waals surface area contributed by atoms with Crippen LogP contribution in [0, 0.1) is 5.82 Å². The first kappa shape index (κ1) is 20.6. The third-order valence-corrected chi connectivity index (χ3v) is 3.63.